The molecule has 0 saturated heterocycles. The van der Waals surface area contributed by atoms with E-state index in [1.54, 1.807) is 0 Å². The van der Waals surface area contributed by atoms with Gasteiger partial charge in [-0.1, -0.05) is 87.4 Å². The minimum absolute atomic E-state index is 0.419. The van der Waals surface area contributed by atoms with E-state index in [4.69, 9.17) is 0 Å². The molecule has 0 radical (unpaired) electrons. The van der Waals surface area contributed by atoms with Crippen LogP contribution in [-0.2, 0) is 7.05 Å². The zero-order valence-electron chi connectivity index (χ0n) is 20.8. The van der Waals surface area contributed by atoms with Crippen LogP contribution in [0.15, 0.2) is 66.9 Å². The second-order valence-corrected chi connectivity index (χ2v) is 10.3. The van der Waals surface area contributed by atoms with Gasteiger partial charge >= 0.3 is 0 Å². The summed E-state index contributed by atoms with van der Waals surface area (Å²) < 4.78 is 11.8. The molecular weight excluding hydrogens is 386 g/mol. The summed E-state index contributed by atoms with van der Waals surface area (Å²) >= 11 is 0. The lowest BCUT2D eigenvalue weighted by Crippen LogP contribution is -2.30. The van der Waals surface area contributed by atoms with E-state index in [0.717, 1.165) is 24.7 Å². The Morgan fingerprint density at radius 2 is 1.38 bits per heavy atom. The molecule has 3 fully saturated rings. The number of aromatic nitrogens is 1. The van der Waals surface area contributed by atoms with Crippen LogP contribution in [0.5, 0.6) is 0 Å². The van der Waals surface area contributed by atoms with Crippen molar-refractivity contribution in [3.63, 3.8) is 0 Å². The van der Waals surface area contributed by atoms with E-state index in [1.807, 2.05) is 0 Å². The third kappa shape index (κ3) is 4.68. The monoisotopic (exact) mass is 425 g/mol. The second-order valence-electron chi connectivity index (χ2n) is 10.3. The van der Waals surface area contributed by atoms with Crippen LogP contribution in [0.4, 0.5) is 0 Å². The van der Waals surface area contributed by atoms with Crippen LogP contribution in [0.2, 0.25) is 0 Å². The van der Waals surface area contributed by atoms with Gasteiger partial charge in [-0.15, -0.1) is 0 Å². The molecule has 1 heterocycles. The molecule has 166 valence electrons. The SMILES string of the molecule is [2H]C1(c2ccc(-c3ccc(-c4ccccc4C)[n+](C)c3)cc2)CC2CCCCC(CCC2)C1. The fourth-order valence-corrected chi connectivity index (χ4v) is 6.09. The van der Waals surface area contributed by atoms with Gasteiger partial charge in [0.2, 0.25) is 5.69 Å². The van der Waals surface area contributed by atoms with E-state index < -0.39 is 5.89 Å². The first-order valence-electron chi connectivity index (χ1n) is 13.2. The summed E-state index contributed by atoms with van der Waals surface area (Å²) in [5.74, 6) is 1.04. The molecule has 3 saturated carbocycles. The van der Waals surface area contributed by atoms with Gasteiger partial charge in [-0.2, -0.15) is 0 Å². The fraction of sp³-hybridized carbons (Fsp3) is 0.452. The first-order valence-corrected chi connectivity index (χ1v) is 12.7. The van der Waals surface area contributed by atoms with Gasteiger partial charge in [0, 0.05) is 18.6 Å². The third-order valence-corrected chi connectivity index (χ3v) is 7.95. The first-order chi connectivity index (χ1) is 16.0. The van der Waals surface area contributed by atoms with Gasteiger partial charge in [-0.05, 0) is 66.3 Å². The fourth-order valence-electron chi connectivity index (χ4n) is 6.09. The Hall–Kier alpha value is -2.41. The summed E-state index contributed by atoms with van der Waals surface area (Å²) in [6, 6.07) is 22.0. The molecule has 0 aliphatic heterocycles. The van der Waals surface area contributed by atoms with E-state index in [-0.39, 0.29) is 0 Å². The molecular formula is C31H38N+. The Kier molecular flexibility index (Phi) is 6.07. The van der Waals surface area contributed by atoms with Crippen molar-refractivity contribution < 1.29 is 5.94 Å². The highest BCUT2D eigenvalue weighted by atomic mass is 14.9. The topological polar surface area (TPSA) is 3.88 Å². The molecule has 2 bridgehead atoms. The minimum Gasteiger partial charge on any atom is -0.200 e. The van der Waals surface area contributed by atoms with E-state index in [2.05, 4.69) is 85.4 Å². The average Bonchev–Trinajstić information content (AvgIpc) is 2.96. The lowest BCUT2D eigenvalue weighted by Gasteiger charge is -2.29. The molecule has 0 amide bonds. The average molecular weight is 426 g/mol. The Balaban J connectivity index is 1.41. The lowest BCUT2D eigenvalue weighted by molar-refractivity contribution is -0.659. The Bertz CT molecular complexity index is 1080. The lowest BCUT2D eigenvalue weighted by atomic mass is 9.76. The van der Waals surface area contributed by atoms with Gasteiger partial charge in [0.05, 0.1) is 0 Å². The predicted molar refractivity (Wildman–Crippen MR) is 135 cm³/mol. The van der Waals surface area contributed by atoms with Crippen LogP contribution in [0.1, 0.15) is 76.2 Å². The van der Waals surface area contributed by atoms with Gasteiger partial charge in [-0.25, -0.2) is 4.57 Å². The van der Waals surface area contributed by atoms with Crippen molar-refractivity contribution in [2.75, 3.05) is 0 Å². The largest absolute Gasteiger partial charge is 0.212 e. The maximum atomic E-state index is 9.54. The maximum Gasteiger partial charge on any atom is 0.212 e. The van der Waals surface area contributed by atoms with Gasteiger partial charge < -0.3 is 0 Å². The van der Waals surface area contributed by atoms with Crippen LogP contribution in [0, 0.1) is 18.8 Å². The molecule has 0 spiro atoms. The summed E-state index contributed by atoms with van der Waals surface area (Å²) in [5, 5.41) is 0. The first kappa shape index (κ1) is 20.2. The molecule has 3 aliphatic rings. The van der Waals surface area contributed by atoms with Crippen LogP contribution in [0.25, 0.3) is 22.4 Å². The molecule has 2 aromatic carbocycles. The minimum atomic E-state index is -0.419. The number of pyridine rings is 1. The number of aryl methyl sites for hydroxylation is 2. The van der Waals surface area contributed by atoms with E-state index in [0.29, 0.717) is 0 Å². The number of nitrogens with zero attached hydrogens (tertiary/aromatic N) is 1. The summed E-state index contributed by atoms with van der Waals surface area (Å²) in [4.78, 5) is 0. The third-order valence-electron chi connectivity index (χ3n) is 7.95. The highest BCUT2D eigenvalue weighted by molar-refractivity contribution is 5.66. The highest BCUT2D eigenvalue weighted by Crippen LogP contribution is 2.41. The maximum absolute atomic E-state index is 9.54. The number of benzene rings is 2. The molecule has 1 nitrogen and oxygen atoms in total. The molecule has 2 unspecified atom stereocenters. The van der Waals surface area contributed by atoms with Crippen molar-refractivity contribution in [3.05, 3.63) is 78.0 Å². The van der Waals surface area contributed by atoms with E-state index in [1.165, 1.54) is 78.5 Å². The molecule has 0 N–H and O–H groups in total. The molecule has 32 heavy (non-hydrogen) atoms. The zero-order chi connectivity index (χ0) is 22.8. The van der Waals surface area contributed by atoms with Gasteiger partial charge in [0.25, 0.3) is 0 Å². The molecule has 6 rings (SSSR count). The summed E-state index contributed by atoms with van der Waals surface area (Å²) in [5.41, 5.74) is 7.50. The number of hydrogen-bond donors (Lipinski definition) is 0. The normalized spacial score (nSPS) is 26.5. The Morgan fingerprint density at radius 3 is 2.03 bits per heavy atom. The van der Waals surface area contributed by atoms with Gasteiger partial charge in [0.15, 0.2) is 6.20 Å². The van der Waals surface area contributed by atoms with Crippen molar-refractivity contribution in [2.45, 2.75) is 70.6 Å². The predicted octanol–water partition coefficient (Wildman–Crippen LogP) is 8.01. The molecule has 3 aliphatic carbocycles. The van der Waals surface area contributed by atoms with Gasteiger partial charge in [-0.3, -0.25) is 0 Å². The number of hydrogen-bond acceptors (Lipinski definition) is 0. The van der Waals surface area contributed by atoms with Crippen molar-refractivity contribution in [1.82, 2.24) is 0 Å². The molecule has 1 heteroatoms. The number of rotatable bonds is 3. The number of fused-ring (bicyclic) bond motifs is 7. The summed E-state index contributed by atoms with van der Waals surface area (Å²) in [6.45, 7) is 2.17. The standard InChI is InChI=1S/C31H38N/c1-23-8-3-6-13-30(23)31-19-18-28(22-32(31)2)26-14-16-27(17-15-26)29-20-24-9-4-5-10-25(21-29)12-7-11-24/h3,6,8,13-19,22,24-25,29H,4-5,7,9-12,20-21H2,1-2H3/q+1/i29D. The van der Waals surface area contributed by atoms with Crippen LogP contribution in [-0.4, -0.2) is 0 Å². The highest BCUT2D eigenvalue weighted by Gasteiger charge is 2.26. The molecule has 3 aromatic rings. The van der Waals surface area contributed by atoms with Crippen molar-refractivity contribution in [3.8, 4) is 22.4 Å². The van der Waals surface area contributed by atoms with Gasteiger partial charge in [0.1, 0.15) is 7.05 Å². The summed E-state index contributed by atoms with van der Waals surface area (Å²) in [6.07, 6.45) is 13.8. The summed E-state index contributed by atoms with van der Waals surface area (Å²) in [7, 11) is 2.13. The van der Waals surface area contributed by atoms with Crippen LogP contribution in [0.3, 0.4) is 0 Å². The Morgan fingerprint density at radius 1 is 0.750 bits per heavy atom. The smallest absolute Gasteiger partial charge is 0.200 e. The quantitative estimate of drug-likeness (QED) is 0.374. The van der Waals surface area contributed by atoms with E-state index in [9.17, 15) is 1.37 Å². The zero-order valence-corrected chi connectivity index (χ0v) is 19.8. The molecule has 2 atom stereocenters. The van der Waals surface area contributed by atoms with Crippen molar-refractivity contribution in [1.29, 1.82) is 0 Å². The van der Waals surface area contributed by atoms with Crippen molar-refractivity contribution >= 4 is 0 Å². The Labute approximate surface area is 195 Å². The second kappa shape index (κ2) is 9.61. The molecule has 1 aromatic heterocycles. The van der Waals surface area contributed by atoms with Crippen LogP contribution >= 0.6 is 0 Å². The van der Waals surface area contributed by atoms with Crippen molar-refractivity contribution in [2.24, 2.45) is 18.9 Å². The van der Waals surface area contributed by atoms with Crippen LogP contribution < -0.4 is 4.57 Å². The van der Waals surface area contributed by atoms with E-state index >= 15 is 0 Å².